The number of ether oxygens (including phenoxy) is 1. The number of alkyl halides is 2. The molecule has 6 heteroatoms. The molecule has 4 bridgehead atoms. The van der Waals surface area contributed by atoms with Gasteiger partial charge in [0.15, 0.2) is 0 Å². The van der Waals surface area contributed by atoms with Crippen LogP contribution in [-0.2, 0) is 22.6 Å². The summed E-state index contributed by atoms with van der Waals surface area (Å²) in [5.74, 6) is -2.65. The highest BCUT2D eigenvalue weighted by molar-refractivity contribution is 5.85. The zero-order valence-electron chi connectivity index (χ0n) is 19.4. The van der Waals surface area contributed by atoms with Gasteiger partial charge in [-0.3, -0.25) is 4.79 Å². The van der Waals surface area contributed by atoms with Crippen LogP contribution < -0.4 is 10.1 Å². The van der Waals surface area contributed by atoms with E-state index in [4.69, 9.17) is 4.74 Å². The smallest absolute Gasteiger partial charge is 0.349 e. The number of amides is 1. The van der Waals surface area contributed by atoms with Crippen molar-refractivity contribution in [2.24, 2.45) is 17.3 Å². The number of carbonyl (C=O) groups excluding carboxylic acids is 1. The first-order valence-corrected chi connectivity index (χ1v) is 12.6. The van der Waals surface area contributed by atoms with Gasteiger partial charge in [0, 0.05) is 35.0 Å². The fourth-order valence-corrected chi connectivity index (χ4v) is 9.16. The molecule has 3 aliphatic carbocycles. The summed E-state index contributed by atoms with van der Waals surface area (Å²) in [5.41, 5.74) is 2.14. The topological polar surface area (TPSA) is 41.6 Å². The minimum Gasteiger partial charge on any atom is -0.497 e. The second-order valence-corrected chi connectivity index (χ2v) is 11.1. The molecule has 5 aliphatic rings. The molecule has 7 rings (SSSR count). The number of hydrogen-bond acceptors (Lipinski definition) is 3. The SMILES string of the molecule is COc1ccc2c(c1)[C@]13CCN(C(=O)C(F)(F)c4ccccc4)[C@H](C2)[C@]12CCC1NC[C@@H](C2)C13. The van der Waals surface area contributed by atoms with Crippen LogP contribution in [0.5, 0.6) is 5.75 Å². The Bertz CT molecular complexity index is 1170. The fourth-order valence-electron chi connectivity index (χ4n) is 9.16. The van der Waals surface area contributed by atoms with Crippen molar-refractivity contribution < 1.29 is 18.3 Å². The lowest BCUT2D eigenvalue weighted by Crippen LogP contribution is -2.71. The lowest BCUT2D eigenvalue weighted by Gasteiger charge is -2.66. The van der Waals surface area contributed by atoms with Crippen LogP contribution in [0.4, 0.5) is 8.78 Å². The van der Waals surface area contributed by atoms with Crippen molar-refractivity contribution in [1.82, 2.24) is 10.2 Å². The van der Waals surface area contributed by atoms with E-state index >= 15 is 8.78 Å². The molecular formula is C28H30F2N2O2. The van der Waals surface area contributed by atoms with Crippen LogP contribution in [0.25, 0.3) is 0 Å². The van der Waals surface area contributed by atoms with Gasteiger partial charge < -0.3 is 15.0 Å². The van der Waals surface area contributed by atoms with E-state index in [1.54, 1.807) is 30.2 Å². The second-order valence-electron chi connectivity index (χ2n) is 11.1. The van der Waals surface area contributed by atoms with Crippen molar-refractivity contribution in [2.45, 2.75) is 55.5 Å². The Morgan fingerprint density at radius 2 is 2.00 bits per heavy atom. The first kappa shape index (κ1) is 20.9. The Kier molecular flexibility index (Phi) is 4.18. The Hall–Kier alpha value is -2.47. The van der Waals surface area contributed by atoms with E-state index < -0.39 is 11.8 Å². The number of piperidine rings is 1. The molecule has 1 amide bonds. The van der Waals surface area contributed by atoms with E-state index in [1.807, 2.05) is 6.07 Å². The van der Waals surface area contributed by atoms with E-state index in [0.717, 1.165) is 38.0 Å². The summed E-state index contributed by atoms with van der Waals surface area (Å²) < 4.78 is 36.7. The van der Waals surface area contributed by atoms with Crippen LogP contribution in [0.2, 0.25) is 0 Å². The van der Waals surface area contributed by atoms with Crippen molar-refractivity contribution in [1.29, 1.82) is 0 Å². The van der Waals surface area contributed by atoms with Crippen molar-refractivity contribution >= 4 is 5.91 Å². The number of halogens is 2. The molecule has 0 aromatic heterocycles. The maximum atomic E-state index is 15.5. The van der Waals surface area contributed by atoms with Crippen LogP contribution in [0, 0.1) is 17.3 Å². The number of benzene rings is 2. The second kappa shape index (κ2) is 6.81. The third-order valence-electron chi connectivity index (χ3n) is 10.2. The molecule has 2 aromatic rings. The van der Waals surface area contributed by atoms with Crippen LogP contribution in [0.15, 0.2) is 48.5 Å². The average molecular weight is 465 g/mol. The molecule has 0 radical (unpaired) electrons. The number of fused-ring (bicyclic) bond motifs is 1. The summed E-state index contributed by atoms with van der Waals surface area (Å²) in [7, 11) is 1.70. The van der Waals surface area contributed by atoms with Crippen molar-refractivity contribution in [3.05, 3.63) is 65.2 Å². The summed E-state index contributed by atoms with van der Waals surface area (Å²) in [4.78, 5) is 15.2. The number of methoxy groups -OCH3 is 1. The molecule has 2 saturated carbocycles. The van der Waals surface area contributed by atoms with Crippen molar-refractivity contribution in [2.75, 3.05) is 20.2 Å². The van der Waals surface area contributed by atoms with Crippen molar-refractivity contribution in [3.8, 4) is 5.75 Å². The van der Waals surface area contributed by atoms with Crippen molar-refractivity contribution in [3.63, 3.8) is 0 Å². The molecule has 34 heavy (non-hydrogen) atoms. The van der Waals surface area contributed by atoms with E-state index in [1.165, 1.54) is 23.3 Å². The largest absolute Gasteiger partial charge is 0.497 e. The zero-order valence-corrected chi connectivity index (χ0v) is 19.4. The number of nitrogens with zero attached hydrogens (tertiary/aromatic N) is 1. The summed E-state index contributed by atoms with van der Waals surface area (Å²) in [6.45, 7) is 1.39. The fraction of sp³-hybridized carbons (Fsp3) is 0.536. The normalized spacial score (nSPS) is 37.2. The van der Waals surface area contributed by atoms with Gasteiger partial charge in [-0.1, -0.05) is 36.4 Å². The van der Waals surface area contributed by atoms with Gasteiger partial charge in [-0.2, -0.15) is 8.78 Å². The first-order valence-electron chi connectivity index (χ1n) is 12.6. The maximum Gasteiger partial charge on any atom is 0.349 e. The van der Waals surface area contributed by atoms with Crippen LogP contribution in [-0.4, -0.2) is 43.1 Å². The third-order valence-corrected chi connectivity index (χ3v) is 10.2. The van der Waals surface area contributed by atoms with Gasteiger partial charge in [0.1, 0.15) is 5.75 Å². The number of rotatable bonds is 3. The van der Waals surface area contributed by atoms with Crippen LogP contribution >= 0.6 is 0 Å². The molecule has 178 valence electrons. The van der Waals surface area contributed by atoms with Gasteiger partial charge >= 0.3 is 5.92 Å². The number of likely N-dealkylation sites (tertiary alicyclic amines) is 1. The molecular weight excluding hydrogens is 434 g/mol. The molecule has 1 N–H and O–H groups in total. The first-order chi connectivity index (χ1) is 16.4. The third kappa shape index (κ3) is 2.33. The zero-order chi connectivity index (χ0) is 23.3. The van der Waals surface area contributed by atoms with Crippen LogP contribution in [0.3, 0.4) is 0 Å². The van der Waals surface area contributed by atoms with E-state index in [2.05, 4.69) is 17.4 Å². The lowest BCUT2D eigenvalue weighted by molar-refractivity contribution is -0.176. The summed E-state index contributed by atoms with van der Waals surface area (Å²) in [5, 5.41) is 3.78. The van der Waals surface area contributed by atoms with Gasteiger partial charge in [-0.25, -0.2) is 0 Å². The van der Waals surface area contributed by atoms with E-state index in [0.29, 0.717) is 30.8 Å². The highest BCUT2D eigenvalue weighted by Crippen LogP contribution is 2.74. The Morgan fingerprint density at radius 3 is 2.79 bits per heavy atom. The molecule has 2 heterocycles. The van der Waals surface area contributed by atoms with Gasteiger partial charge in [0.25, 0.3) is 5.91 Å². The maximum absolute atomic E-state index is 15.5. The number of carbonyl (C=O) groups is 1. The number of hydrogen-bond donors (Lipinski definition) is 1. The molecule has 6 atom stereocenters. The molecule has 2 unspecified atom stereocenters. The summed E-state index contributed by atoms with van der Waals surface area (Å²) >= 11 is 0. The highest BCUT2D eigenvalue weighted by atomic mass is 19.3. The highest BCUT2D eigenvalue weighted by Gasteiger charge is 2.75. The molecule has 2 aliphatic heterocycles. The molecule has 0 spiro atoms. The van der Waals surface area contributed by atoms with Crippen LogP contribution in [0.1, 0.15) is 42.4 Å². The standard InChI is InChI=1S/C28H30F2N2O2/c1-34-20-8-7-17-13-23-26-10-9-22-24(18(15-26)16-31-22)27(26,21(17)14-20)11-12-32(23)25(33)28(29,30)19-5-3-2-4-6-19/h2-8,14,18,22-24,31H,9-13,15-16H2,1H3/t18-,22?,23-,24?,26-,27+/m1/s1. The quantitative estimate of drug-likeness (QED) is 0.738. The monoisotopic (exact) mass is 464 g/mol. The lowest BCUT2D eigenvalue weighted by atomic mass is 9.43. The average Bonchev–Trinajstić information content (AvgIpc) is 3.34. The van der Waals surface area contributed by atoms with Gasteiger partial charge in [-0.05, 0) is 73.7 Å². The molecule has 2 saturated heterocycles. The van der Waals surface area contributed by atoms with Gasteiger partial charge in [0.2, 0.25) is 0 Å². The Morgan fingerprint density at radius 1 is 1.18 bits per heavy atom. The molecule has 4 fully saturated rings. The van der Waals surface area contributed by atoms with Gasteiger partial charge in [0.05, 0.1) is 7.11 Å². The summed E-state index contributed by atoms with van der Waals surface area (Å²) in [6.07, 6.45) is 4.47. The minimum atomic E-state index is -3.52. The Labute approximate surface area is 198 Å². The van der Waals surface area contributed by atoms with E-state index in [9.17, 15) is 4.79 Å². The summed E-state index contributed by atoms with van der Waals surface area (Å²) in [6, 6.07) is 14.2. The van der Waals surface area contributed by atoms with Gasteiger partial charge in [-0.15, -0.1) is 0 Å². The molecule has 2 aromatic carbocycles. The molecule has 4 nitrogen and oxygen atoms in total. The van der Waals surface area contributed by atoms with E-state index in [-0.39, 0.29) is 22.4 Å². The predicted molar refractivity (Wildman–Crippen MR) is 124 cm³/mol. The minimum absolute atomic E-state index is 0.0737. The predicted octanol–water partition coefficient (Wildman–Crippen LogP) is 4.27. The number of nitrogens with one attached hydrogen (secondary N) is 1. The Balaban J connectivity index is 1.38.